The summed E-state index contributed by atoms with van der Waals surface area (Å²) < 4.78 is 87.5. The zero-order valence-corrected chi connectivity index (χ0v) is 18.4. The highest BCUT2D eigenvalue weighted by molar-refractivity contribution is 6.31. The topological polar surface area (TPSA) is 108 Å². The zero-order chi connectivity index (χ0) is 25.2. The molecule has 2 fully saturated rings. The number of aromatic nitrogens is 2. The molecule has 2 aliphatic heterocycles. The highest BCUT2D eigenvalue weighted by atomic mass is 35.5. The Hall–Kier alpha value is -2.75. The lowest BCUT2D eigenvalue weighted by molar-refractivity contribution is -0.344. The van der Waals surface area contributed by atoms with Crippen LogP contribution in [-0.4, -0.2) is 67.5 Å². The van der Waals surface area contributed by atoms with E-state index < -0.39 is 43.7 Å². The van der Waals surface area contributed by atoms with Crippen LogP contribution in [0.15, 0.2) is 22.6 Å². The van der Waals surface area contributed by atoms with Crippen molar-refractivity contribution in [2.24, 2.45) is 0 Å². The van der Waals surface area contributed by atoms with Crippen molar-refractivity contribution in [3.8, 4) is 5.75 Å². The summed E-state index contributed by atoms with van der Waals surface area (Å²) in [6.07, 6.45) is -9.47. The molecule has 4 rings (SSSR count). The minimum atomic E-state index is -4.71. The second-order valence-electron chi connectivity index (χ2n) is 7.55. The molecule has 1 aromatic heterocycles. The molecule has 2 saturated heterocycles. The Morgan fingerprint density at radius 1 is 1.23 bits per heavy atom. The van der Waals surface area contributed by atoms with E-state index in [9.17, 15) is 26.7 Å². The molecular weight excluding hydrogens is 511 g/mol. The lowest BCUT2D eigenvalue weighted by Gasteiger charge is -2.37. The summed E-state index contributed by atoms with van der Waals surface area (Å²) >= 11 is 5.76. The first kappa shape index (κ1) is 25.3. The molecule has 1 aromatic carbocycles. The smallest absolute Gasteiger partial charge is 0.484 e. The first-order chi connectivity index (χ1) is 16.6. The number of benzene rings is 1. The fraction of sp³-hybridized carbons (Fsp3) is 0.526. The monoisotopic (exact) mass is 528 g/mol. The van der Waals surface area contributed by atoms with Crippen LogP contribution in [0.2, 0.25) is 5.02 Å². The van der Waals surface area contributed by atoms with Crippen LogP contribution in [0.4, 0.5) is 28.0 Å². The molecule has 35 heavy (non-hydrogen) atoms. The molecule has 10 nitrogen and oxygen atoms in total. The van der Waals surface area contributed by atoms with Crippen molar-refractivity contribution in [3.63, 3.8) is 0 Å². The van der Waals surface area contributed by atoms with Crippen LogP contribution in [0.25, 0.3) is 0 Å². The Bertz CT molecular complexity index is 1030. The van der Waals surface area contributed by atoms with Gasteiger partial charge in [0.2, 0.25) is 6.29 Å². The standard InChI is InChI=1S/C19H18ClF5N4O6/c20-13-3-10(1-2-12(13)15(21)22)31-8-14(30)26-9-6-32-17(33-7-9)16-27-28-18(34-16)29-4-11(5-29)35-19(23,24)25/h1-3,9,11,15,17H,4-8H2,(H,26,30). The molecule has 0 saturated carbocycles. The molecule has 0 bridgehead atoms. The number of hydrogen-bond donors (Lipinski definition) is 1. The predicted molar refractivity (Wildman–Crippen MR) is 106 cm³/mol. The van der Waals surface area contributed by atoms with E-state index in [0.717, 1.165) is 6.07 Å². The Morgan fingerprint density at radius 3 is 2.57 bits per heavy atom. The second-order valence-corrected chi connectivity index (χ2v) is 7.96. The van der Waals surface area contributed by atoms with E-state index in [-0.39, 0.29) is 54.5 Å². The Balaban J connectivity index is 1.18. The quantitative estimate of drug-likeness (QED) is 0.517. The van der Waals surface area contributed by atoms with Crippen LogP contribution in [0, 0.1) is 0 Å². The molecule has 3 heterocycles. The number of carbonyl (C=O) groups is 1. The Morgan fingerprint density at radius 2 is 1.94 bits per heavy atom. The molecular formula is C19H18ClF5N4O6. The van der Waals surface area contributed by atoms with E-state index in [4.69, 9.17) is 30.2 Å². The molecule has 1 amide bonds. The van der Waals surface area contributed by atoms with Gasteiger partial charge in [-0.1, -0.05) is 16.7 Å². The van der Waals surface area contributed by atoms with Crippen LogP contribution in [0.3, 0.4) is 0 Å². The number of rotatable bonds is 8. The third-order valence-electron chi connectivity index (χ3n) is 4.89. The van der Waals surface area contributed by atoms with Crippen molar-refractivity contribution in [1.29, 1.82) is 0 Å². The summed E-state index contributed by atoms with van der Waals surface area (Å²) in [4.78, 5) is 13.5. The lowest BCUT2D eigenvalue weighted by atomic mass is 10.2. The van der Waals surface area contributed by atoms with E-state index in [1.54, 1.807) is 0 Å². The summed E-state index contributed by atoms with van der Waals surface area (Å²) in [6.45, 7) is -0.451. The Kier molecular flexibility index (Phi) is 7.59. The minimum Gasteiger partial charge on any atom is -0.484 e. The number of nitrogens with zero attached hydrogens (tertiary/aromatic N) is 3. The third-order valence-corrected chi connectivity index (χ3v) is 5.22. The van der Waals surface area contributed by atoms with Crippen molar-refractivity contribution in [2.45, 2.75) is 31.2 Å². The predicted octanol–water partition coefficient (Wildman–Crippen LogP) is 2.99. The molecule has 1 N–H and O–H groups in total. The Labute approximate surface area is 199 Å². The van der Waals surface area contributed by atoms with Crippen molar-refractivity contribution in [3.05, 3.63) is 34.7 Å². The number of hydrogen-bond acceptors (Lipinski definition) is 9. The average molecular weight is 529 g/mol. The normalized spacial score (nSPS) is 21.2. The second kappa shape index (κ2) is 10.5. The summed E-state index contributed by atoms with van der Waals surface area (Å²) in [5.74, 6) is -0.392. The van der Waals surface area contributed by atoms with Gasteiger partial charge in [0, 0.05) is 5.56 Å². The first-order valence-electron chi connectivity index (χ1n) is 10.1. The number of anilines is 1. The molecule has 16 heteroatoms. The van der Waals surface area contributed by atoms with Gasteiger partial charge >= 0.3 is 12.4 Å². The van der Waals surface area contributed by atoms with E-state index in [0.29, 0.717) is 0 Å². The zero-order valence-electron chi connectivity index (χ0n) is 17.6. The number of nitrogens with one attached hydrogen (secondary N) is 1. The molecule has 0 aliphatic carbocycles. The summed E-state index contributed by atoms with van der Waals surface area (Å²) in [6, 6.07) is 3.06. The molecule has 2 aromatic rings. The van der Waals surface area contributed by atoms with Gasteiger partial charge in [-0.3, -0.25) is 9.53 Å². The van der Waals surface area contributed by atoms with Crippen LogP contribution in [-0.2, 0) is 19.0 Å². The van der Waals surface area contributed by atoms with Crippen molar-refractivity contribution in [1.82, 2.24) is 15.5 Å². The van der Waals surface area contributed by atoms with Crippen molar-refractivity contribution < 1.29 is 50.1 Å². The molecule has 192 valence electrons. The van der Waals surface area contributed by atoms with Gasteiger partial charge in [-0.15, -0.1) is 18.3 Å². The minimum absolute atomic E-state index is 0.00323. The highest BCUT2D eigenvalue weighted by Crippen LogP contribution is 2.31. The maximum Gasteiger partial charge on any atom is 0.522 e. The van der Waals surface area contributed by atoms with Crippen LogP contribution < -0.4 is 15.0 Å². The number of halogens is 6. The summed E-state index contributed by atoms with van der Waals surface area (Å²) in [5.41, 5.74) is -0.340. The van der Waals surface area contributed by atoms with Crippen LogP contribution >= 0.6 is 11.6 Å². The molecule has 0 radical (unpaired) electrons. The number of ether oxygens (including phenoxy) is 4. The fourth-order valence-electron chi connectivity index (χ4n) is 3.23. The van der Waals surface area contributed by atoms with Gasteiger partial charge in [-0.2, -0.15) is 0 Å². The van der Waals surface area contributed by atoms with Gasteiger partial charge < -0.3 is 28.8 Å². The molecule has 0 unspecified atom stereocenters. The van der Waals surface area contributed by atoms with E-state index in [1.165, 1.54) is 17.0 Å². The largest absolute Gasteiger partial charge is 0.522 e. The van der Waals surface area contributed by atoms with Gasteiger partial charge in [-0.25, -0.2) is 8.78 Å². The van der Waals surface area contributed by atoms with E-state index in [2.05, 4.69) is 20.3 Å². The summed E-state index contributed by atoms with van der Waals surface area (Å²) in [7, 11) is 0. The highest BCUT2D eigenvalue weighted by Gasteiger charge is 2.41. The summed E-state index contributed by atoms with van der Waals surface area (Å²) in [5, 5.41) is 9.99. The van der Waals surface area contributed by atoms with Gasteiger partial charge in [-0.05, 0) is 18.2 Å². The van der Waals surface area contributed by atoms with Gasteiger partial charge in [0.1, 0.15) is 11.9 Å². The van der Waals surface area contributed by atoms with Crippen molar-refractivity contribution in [2.75, 3.05) is 37.8 Å². The lowest BCUT2D eigenvalue weighted by Crippen LogP contribution is -2.54. The molecule has 2 aliphatic rings. The van der Waals surface area contributed by atoms with E-state index in [1.807, 2.05) is 0 Å². The average Bonchev–Trinajstić information content (AvgIpc) is 3.24. The molecule has 0 atom stereocenters. The third kappa shape index (κ3) is 6.68. The maximum absolute atomic E-state index is 12.7. The first-order valence-corrected chi connectivity index (χ1v) is 10.5. The SMILES string of the molecule is O=C(COc1ccc(C(F)F)c(Cl)c1)NC1COC(c2nnc(N3CC(OC(F)(F)F)C3)o2)OC1. The van der Waals surface area contributed by atoms with Crippen molar-refractivity contribution >= 4 is 23.5 Å². The van der Waals surface area contributed by atoms with Gasteiger partial charge in [0.05, 0.1) is 37.4 Å². The number of carbonyl (C=O) groups excluding carboxylic acids is 1. The fourth-order valence-corrected chi connectivity index (χ4v) is 3.48. The van der Waals surface area contributed by atoms with Gasteiger partial charge in [0.25, 0.3) is 18.2 Å². The number of amides is 1. The maximum atomic E-state index is 12.7. The van der Waals surface area contributed by atoms with Crippen LogP contribution in [0.5, 0.6) is 5.75 Å². The number of alkyl halides is 5. The van der Waals surface area contributed by atoms with Gasteiger partial charge in [0.15, 0.2) is 6.61 Å². The molecule has 0 spiro atoms. The van der Waals surface area contributed by atoms with E-state index >= 15 is 0 Å². The van der Waals surface area contributed by atoms with Crippen LogP contribution in [0.1, 0.15) is 24.2 Å².